The minimum Gasteiger partial charge on any atom is -0.394 e. The molecule has 7 nitrogen and oxygen atoms in total. The molecule has 2 aromatic carbocycles. The van der Waals surface area contributed by atoms with E-state index >= 15 is 0 Å². The first-order valence-electron chi connectivity index (χ1n) is 9.77. The maximum atomic E-state index is 12.4. The van der Waals surface area contributed by atoms with E-state index in [1.54, 1.807) is 36.4 Å². The molecule has 0 aliphatic carbocycles. The van der Waals surface area contributed by atoms with Crippen LogP contribution in [0.1, 0.15) is 29.6 Å². The largest absolute Gasteiger partial charge is 0.394 e. The van der Waals surface area contributed by atoms with Gasteiger partial charge in [-0.15, -0.1) is 0 Å². The lowest BCUT2D eigenvalue weighted by atomic mass is 9.97. The van der Waals surface area contributed by atoms with Crippen LogP contribution in [0.5, 0.6) is 0 Å². The van der Waals surface area contributed by atoms with Gasteiger partial charge in [0.1, 0.15) is 11.0 Å². The Balaban J connectivity index is 1.50. The number of hydrogen-bond acceptors (Lipinski definition) is 5. The van der Waals surface area contributed by atoms with Gasteiger partial charge in [0.25, 0.3) is 5.91 Å². The van der Waals surface area contributed by atoms with Crippen molar-refractivity contribution in [3.63, 3.8) is 0 Å². The molecule has 1 heterocycles. The average molecular weight is 453 g/mol. The third-order valence-electron chi connectivity index (χ3n) is 5.03. The van der Waals surface area contributed by atoms with Crippen molar-refractivity contribution in [2.24, 2.45) is 0 Å². The summed E-state index contributed by atoms with van der Waals surface area (Å²) in [4.78, 5) is 12.4. The van der Waals surface area contributed by atoms with Crippen LogP contribution >= 0.6 is 11.6 Å². The first-order chi connectivity index (χ1) is 14.4. The monoisotopic (exact) mass is 452 g/mol. The molecule has 0 spiro atoms. The van der Waals surface area contributed by atoms with Gasteiger partial charge in [-0.2, -0.15) is 0 Å². The van der Waals surface area contributed by atoms with E-state index in [-0.39, 0.29) is 41.1 Å². The van der Waals surface area contributed by atoms with Gasteiger partial charge < -0.3 is 15.2 Å². The van der Waals surface area contributed by atoms with Crippen LogP contribution in [-0.4, -0.2) is 50.8 Å². The minimum atomic E-state index is -3.71. The summed E-state index contributed by atoms with van der Waals surface area (Å²) < 4.78 is 33.2. The smallest absolute Gasteiger partial charge is 0.251 e. The average Bonchev–Trinajstić information content (AvgIpc) is 2.75. The highest BCUT2D eigenvalue weighted by molar-refractivity contribution is 7.89. The molecule has 3 atom stereocenters. The molecule has 162 valence electrons. The van der Waals surface area contributed by atoms with Gasteiger partial charge in [0, 0.05) is 12.1 Å². The zero-order valence-electron chi connectivity index (χ0n) is 16.3. The van der Waals surface area contributed by atoms with Gasteiger partial charge >= 0.3 is 0 Å². The Morgan fingerprint density at radius 3 is 2.50 bits per heavy atom. The van der Waals surface area contributed by atoms with E-state index in [4.69, 9.17) is 16.3 Å². The molecule has 1 amide bonds. The second-order valence-corrected chi connectivity index (χ2v) is 9.26. The molecule has 0 bridgehead atoms. The van der Waals surface area contributed by atoms with Gasteiger partial charge in [0.15, 0.2) is 0 Å². The van der Waals surface area contributed by atoms with Gasteiger partial charge in [-0.05, 0) is 43.5 Å². The zero-order valence-corrected chi connectivity index (χ0v) is 17.9. The van der Waals surface area contributed by atoms with E-state index in [1.807, 2.05) is 6.07 Å². The number of rotatable bonds is 8. The van der Waals surface area contributed by atoms with Gasteiger partial charge in [0.2, 0.25) is 10.0 Å². The molecule has 3 rings (SSSR count). The van der Waals surface area contributed by atoms with Gasteiger partial charge in [-0.1, -0.05) is 41.9 Å². The summed E-state index contributed by atoms with van der Waals surface area (Å²) >= 11 is 5.97. The van der Waals surface area contributed by atoms with Gasteiger partial charge in [0.05, 0.1) is 23.8 Å². The summed E-state index contributed by atoms with van der Waals surface area (Å²) in [6, 6.07) is 14.8. The maximum absolute atomic E-state index is 12.4. The quantitative estimate of drug-likeness (QED) is 0.570. The van der Waals surface area contributed by atoms with Crippen LogP contribution in [0, 0.1) is 0 Å². The second kappa shape index (κ2) is 10.4. The van der Waals surface area contributed by atoms with E-state index < -0.39 is 16.1 Å². The predicted octanol–water partition coefficient (Wildman–Crippen LogP) is 2.35. The number of ether oxygens (including phenoxy) is 1. The lowest BCUT2D eigenvalue weighted by Crippen LogP contribution is -2.51. The summed E-state index contributed by atoms with van der Waals surface area (Å²) in [7, 11) is -3.71. The number of hydrogen-bond donors (Lipinski definition) is 3. The highest BCUT2D eigenvalue weighted by Crippen LogP contribution is 2.23. The van der Waals surface area contributed by atoms with E-state index in [0.29, 0.717) is 24.8 Å². The number of aliphatic hydroxyl groups excluding tert-OH is 1. The van der Waals surface area contributed by atoms with Crippen molar-refractivity contribution in [2.75, 3.05) is 13.2 Å². The molecule has 30 heavy (non-hydrogen) atoms. The summed E-state index contributed by atoms with van der Waals surface area (Å²) in [6.07, 6.45) is 0.951. The van der Waals surface area contributed by atoms with Crippen molar-refractivity contribution >= 4 is 27.5 Å². The molecule has 0 unspecified atom stereocenters. The molecule has 9 heteroatoms. The SMILES string of the molecule is O=C(N[C@@H]1CC[C@H](CCNS(=O)(=O)c2ccccc2Cl)O[C@@H]1CO)c1ccccc1. The molecule has 2 aromatic rings. The minimum absolute atomic E-state index is 0.0353. The number of carbonyl (C=O) groups excluding carboxylic acids is 1. The van der Waals surface area contributed by atoms with Gasteiger partial charge in [-0.3, -0.25) is 4.79 Å². The number of amides is 1. The fraction of sp³-hybridized carbons (Fsp3) is 0.381. The molecule has 1 fully saturated rings. The van der Waals surface area contributed by atoms with E-state index in [9.17, 15) is 18.3 Å². The number of aliphatic hydroxyl groups is 1. The standard InChI is InChI=1S/C21H25ClN2O5S/c22-17-8-4-5-9-20(17)30(27,28)23-13-12-16-10-11-18(19(14-25)29-16)24-21(26)15-6-2-1-3-7-15/h1-9,16,18-19,23,25H,10-14H2,(H,24,26)/t16-,18-,19-/m1/s1. The lowest BCUT2D eigenvalue weighted by Gasteiger charge is -2.36. The van der Waals surface area contributed by atoms with Gasteiger partial charge in [-0.25, -0.2) is 13.1 Å². The molecule has 1 aliphatic rings. The molecule has 1 aliphatic heterocycles. The normalized spacial score (nSPS) is 21.9. The molecule has 0 radical (unpaired) electrons. The van der Waals surface area contributed by atoms with E-state index in [2.05, 4.69) is 10.0 Å². The molecule has 0 saturated carbocycles. The maximum Gasteiger partial charge on any atom is 0.251 e. The van der Waals surface area contributed by atoms with Crippen LogP contribution in [0.15, 0.2) is 59.5 Å². The molecule has 3 N–H and O–H groups in total. The van der Waals surface area contributed by atoms with Crippen molar-refractivity contribution in [1.82, 2.24) is 10.0 Å². The summed E-state index contributed by atoms with van der Waals surface area (Å²) in [5.41, 5.74) is 0.547. The van der Waals surface area contributed by atoms with Crippen LogP contribution < -0.4 is 10.0 Å². The Morgan fingerprint density at radius 2 is 1.80 bits per heavy atom. The highest BCUT2D eigenvalue weighted by Gasteiger charge is 2.32. The topological polar surface area (TPSA) is 105 Å². The highest BCUT2D eigenvalue weighted by atomic mass is 35.5. The summed E-state index contributed by atoms with van der Waals surface area (Å²) in [5, 5.41) is 12.8. The van der Waals surface area contributed by atoms with Crippen LogP contribution in [0.2, 0.25) is 5.02 Å². The number of carbonyl (C=O) groups is 1. The lowest BCUT2D eigenvalue weighted by molar-refractivity contribution is -0.0891. The van der Waals surface area contributed by atoms with E-state index in [1.165, 1.54) is 12.1 Å². The van der Waals surface area contributed by atoms with E-state index in [0.717, 1.165) is 0 Å². The Kier molecular flexibility index (Phi) is 7.85. The predicted molar refractivity (Wildman–Crippen MR) is 114 cm³/mol. The van der Waals surface area contributed by atoms with Crippen LogP contribution in [0.25, 0.3) is 0 Å². The fourth-order valence-corrected chi connectivity index (χ4v) is 5.01. The number of sulfonamides is 1. The Bertz CT molecular complexity index is 955. The summed E-state index contributed by atoms with van der Waals surface area (Å²) in [5.74, 6) is -0.214. The molecular weight excluding hydrogens is 428 g/mol. The first-order valence-corrected chi connectivity index (χ1v) is 11.6. The van der Waals surface area contributed by atoms with Crippen LogP contribution in [0.3, 0.4) is 0 Å². The molecule has 1 saturated heterocycles. The van der Waals surface area contributed by atoms with Crippen LogP contribution in [-0.2, 0) is 14.8 Å². The zero-order chi connectivity index (χ0) is 21.6. The van der Waals surface area contributed by atoms with Crippen molar-refractivity contribution in [3.8, 4) is 0 Å². The number of halogens is 1. The Labute approximate surface area is 181 Å². The van der Waals surface area contributed by atoms with Crippen molar-refractivity contribution in [1.29, 1.82) is 0 Å². The summed E-state index contributed by atoms with van der Waals surface area (Å²) in [6.45, 7) is -0.0565. The van der Waals surface area contributed by atoms with Crippen LogP contribution in [0.4, 0.5) is 0 Å². The third-order valence-corrected chi connectivity index (χ3v) is 6.99. The first kappa shape index (κ1) is 22.7. The number of nitrogens with one attached hydrogen (secondary N) is 2. The molecule has 0 aromatic heterocycles. The van der Waals surface area contributed by atoms with Crippen molar-refractivity contribution < 1.29 is 23.1 Å². The third kappa shape index (κ3) is 5.80. The molecular formula is C21H25ClN2O5S. The Hall–Kier alpha value is -1.97. The fourth-order valence-electron chi connectivity index (χ4n) is 3.45. The number of benzene rings is 2. The second-order valence-electron chi connectivity index (χ2n) is 7.12. The van der Waals surface area contributed by atoms with Crippen molar-refractivity contribution in [2.45, 2.75) is 42.4 Å². The Morgan fingerprint density at radius 1 is 1.10 bits per heavy atom. The van der Waals surface area contributed by atoms with Crippen molar-refractivity contribution in [3.05, 3.63) is 65.2 Å².